The van der Waals surface area contributed by atoms with Crippen LogP contribution < -0.4 is 0 Å². The minimum atomic E-state index is -1.05. The van der Waals surface area contributed by atoms with Gasteiger partial charge in [-0.3, -0.25) is 14.5 Å². The largest absolute Gasteiger partial charge is 0.480 e. The minimum absolute atomic E-state index is 0.208. The topological polar surface area (TPSA) is 57.6 Å². The van der Waals surface area contributed by atoms with Gasteiger partial charge in [0, 0.05) is 0 Å². The van der Waals surface area contributed by atoms with Crippen molar-refractivity contribution in [2.45, 2.75) is 25.5 Å². The van der Waals surface area contributed by atoms with Gasteiger partial charge in [-0.15, -0.1) is 0 Å². The predicted octanol–water partition coefficient (Wildman–Crippen LogP) is 2.16. The Labute approximate surface area is 127 Å². The number of hydrogen-bond donors (Lipinski definition) is 1. The van der Waals surface area contributed by atoms with Gasteiger partial charge in [0.15, 0.2) is 0 Å². The Kier molecular flexibility index (Phi) is 4.45. The Hall–Kier alpha value is -1.40. The highest BCUT2D eigenvalue weighted by molar-refractivity contribution is 8.24. The van der Waals surface area contributed by atoms with Crippen LogP contribution in [-0.2, 0) is 16.0 Å². The second-order valence-corrected chi connectivity index (χ2v) is 6.65. The average Bonchev–Trinajstić information content (AvgIpc) is 2.61. The first-order valence-electron chi connectivity index (χ1n) is 6.18. The van der Waals surface area contributed by atoms with Crippen LogP contribution in [-0.4, -0.2) is 38.0 Å². The molecule has 4 nitrogen and oxygen atoms in total. The van der Waals surface area contributed by atoms with Gasteiger partial charge >= 0.3 is 5.97 Å². The lowest BCUT2D eigenvalue weighted by Crippen LogP contribution is -2.36. The standard InChI is InChI=1S/C14H15NO3S2/c1-8-3-4-10(5-9(8)2)6-11-13(18)15(7-12(16)17)14(19)20-11/h3-5,11H,6-7H2,1-2H3,(H,16,17). The molecule has 0 bridgehead atoms. The van der Waals surface area contributed by atoms with Gasteiger partial charge in [-0.05, 0) is 37.0 Å². The summed E-state index contributed by atoms with van der Waals surface area (Å²) >= 11 is 6.35. The van der Waals surface area contributed by atoms with E-state index in [9.17, 15) is 9.59 Å². The second-order valence-electron chi connectivity index (χ2n) is 4.81. The maximum absolute atomic E-state index is 12.2. The molecule has 1 saturated heterocycles. The van der Waals surface area contributed by atoms with E-state index in [0.717, 1.165) is 5.56 Å². The van der Waals surface area contributed by atoms with E-state index in [1.807, 2.05) is 26.0 Å². The molecule has 1 atom stereocenters. The Morgan fingerprint density at radius 1 is 1.40 bits per heavy atom. The Bertz CT molecular complexity index is 586. The number of carbonyl (C=O) groups is 2. The number of nitrogens with zero attached hydrogens (tertiary/aromatic N) is 1. The third-order valence-corrected chi connectivity index (χ3v) is 4.87. The van der Waals surface area contributed by atoms with Crippen molar-refractivity contribution in [3.8, 4) is 0 Å². The fourth-order valence-electron chi connectivity index (χ4n) is 2.05. The van der Waals surface area contributed by atoms with Crippen molar-refractivity contribution in [2.75, 3.05) is 6.54 Å². The maximum atomic E-state index is 12.2. The summed E-state index contributed by atoms with van der Waals surface area (Å²) in [6.07, 6.45) is 0.570. The lowest BCUT2D eigenvalue weighted by molar-refractivity contribution is -0.141. The average molecular weight is 309 g/mol. The predicted molar refractivity (Wildman–Crippen MR) is 82.9 cm³/mol. The van der Waals surface area contributed by atoms with E-state index >= 15 is 0 Å². The quantitative estimate of drug-likeness (QED) is 0.864. The van der Waals surface area contributed by atoms with E-state index in [1.165, 1.54) is 27.8 Å². The molecule has 1 aliphatic rings. The van der Waals surface area contributed by atoms with Gasteiger partial charge in [-0.1, -0.05) is 42.2 Å². The van der Waals surface area contributed by atoms with Crippen molar-refractivity contribution >= 4 is 40.2 Å². The molecule has 1 aliphatic heterocycles. The summed E-state index contributed by atoms with van der Waals surface area (Å²) in [6, 6.07) is 6.09. The summed E-state index contributed by atoms with van der Waals surface area (Å²) < 4.78 is 0.353. The van der Waals surface area contributed by atoms with Crippen LogP contribution in [0.1, 0.15) is 16.7 Å². The number of carboxylic acid groups (broad SMARTS) is 1. The number of rotatable bonds is 4. The zero-order valence-corrected chi connectivity index (χ0v) is 12.9. The molecule has 1 aromatic carbocycles. The van der Waals surface area contributed by atoms with Crippen molar-refractivity contribution in [3.63, 3.8) is 0 Å². The van der Waals surface area contributed by atoms with E-state index < -0.39 is 5.97 Å². The Morgan fingerprint density at radius 3 is 2.70 bits per heavy atom. The molecular formula is C14H15NO3S2. The van der Waals surface area contributed by atoms with Gasteiger partial charge in [0.05, 0.1) is 5.25 Å². The van der Waals surface area contributed by atoms with E-state index in [2.05, 4.69) is 6.07 Å². The van der Waals surface area contributed by atoms with Gasteiger partial charge in [-0.25, -0.2) is 0 Å². The number of carboxylic acids is 1. The monoisotopic (exact) mass is 309 g/mol. The SMILES string of the molecule is Cc1ccc(CC2SC(=S)N(CC(=O)O)C2=O)cc1C. The van der Waals surface area contributed by atoms with E-state index in [0.29, 0.717) is 10.7 Å². The summed E-state index contributed by atoms with van der Waals surface area (Å²) in [7, 11) is 0. The smallest absolute Gasteiger partial charge is 0.323 e. The minimum Gasteiger partial charge on any atom is -0.480 e. The van der Waals surface area contributed by atoms with E-state index in [1.54, 1.807) is 0 Å². The zero-order chi connectivity index (χ0) is 14.9. The molecule has 0 aromatic heterocycles. The van der Waals surface area contributed by atoms with Gasteiger partial charge in [0.2, 0.25) is 5.91 Å². The number of thioether (sulfide) groups is 1. The molecule has 2 rings (SSSR count). The van der Waals surface area contributed by atoms with Crippen LogP contribution in [0.4, 0.5) is 0 Å². The number of carbonyl (C=O) groups excluding carboxylic acids is 1. The number of benzene rings is 1. The lowest BCUT2D eigenvalue weighted by atomic mass is 10.0. The molecule has 20 heavy (non-hydrogen) atoms. The van der Waals surface area contributed by atoms with Crippen LogP contribution in [0.2, 0.25) is 0 Å². The van der Waals surface area contributed by atoms with Gasteiger partial charge < -0.3 is 5.11 Å². The summed E-state index contributed by atoms with van der Waals surface area (Å²) in [5, 5.41) is 8.47. The summed E-state index contributed by atoms with van der Waals surface area (Å²) in [6.45, 7) is 3.72. The molecule has 1 heterocycles. The molecule has 1 amide bonds. The first kappa shape index (κ1) is 15.0. The summed E-state index contributed by atoms with van der Waals surface area (Å²) in [4.78, 5) is 24.1. The van der Waals surface area contributed by atoms with E-state index in [4.69, 9.17) is 17.3 Å². The van der Waals surface area contributed by atoms with Gasteiger partial charge in [0.1, 0.15) is 10.9 Å². The number of thiocarbonyl (C=S) groups is 1. The number of aliphatic carboxylic acids is 1. The number of aryl methyl sites for hydroxylation is 2. The highest BCUT2D eigenvalue weighted by Crippen LogP contribution is 2.30. The maximum Gasteiger partial charge on any atom is 0.323 e. The fourth-order valence-corrected chi connectivity index (χ4v) is 3.58. The van der Waals surface area contributed by atoms with Crippen LogP contribution in [0.3, 0.4) is 0 Å². The third-order valence-electron chi connectivity index (χ3n) is 3.29. The number of amides is 1. The summed E-state index contributed by atoms with van der Waals surface area (Å²) in [5.74, 6) is -1.26. The molecule has 0 spiro atoms. The van der Waals surface area contributed by atoms with Gasteiger partial charge in [0.25, 0.3) is 0 Å². The fraction of sp³-hybridized carbons (Fsp3) is 0.357. The van der Waals surface area contributed by atoms with Crippen molar-refractivity contribution < 1.29 is 14.7 Å². The molecule has 1 N–H and O–H groups in total. The first-order chi connectivity index (χ1) is 9.38. The second kappa shape index (κ2) is 5.93. The van der Waals surface area contributed by atoms with Crippen molar-refractivity contribution in [1.82, 2.24) is 4.90 Å². The molecule has 106 valence electrons. The normalized spacial score (nSPS) is 18.7. The molecule has 1 fully saturated rings. The molecule has 1 aromatic rings. The Morgan fingerprint density at radius 2 is 2.10 bits per heavy atom. The molecule has 6 heteroatoms. The van der Waals surface area contributed by atoms with Crippen LogP contribution in [0.15, 0.2) is 18.2 Å². The first-order valence-corrected chi connectivity index (χ1v) is 7.47. The van der Waals surface area contributed by atoms with Crippen molar-refractivity contribution in [1.29, 1.82) is 0 Å². The van der Waals surface area contributed by atoms with Crippen LogP contribution in [0, 0.1) is 13.8 Å². The molecule has 1 unspecified atom stereocenters. The Balaban J connectivity index is 2.11. The molecule has 0 saturated carbocycles. The zero-order valence-electron chi connectivity index (χ0n) is 11.3. The third kappa shape index (κ3) is 3.19. The summed E-state index contributed by atoms with van der Waals surface area (Å²) in [5.41, 5.74) is 3.46. The molecule has 0 aliphatic carbocycles. The highest BCUT2D eigenvalue weighted by atomic mass is 32.2. The van der Waals surface area contributed by atoms with Crippen LogP contribution in [0.5, 0.6) is 0 Å². The molecular weight excluding hydrogens is 294 g/mol. The number of hydrogen-bond acceptors (Lipinski definition) is 4. The van der Waals surface area contributed by atoms with Gasteiger partial charge in [-0.2, -0.15) is 0 Å². The van der Waals surface area contributed by atoms with Crippen LogP contribution >= 0.6 is 24.0 Å². The van der Waals surface area contributed by atoms with Crippen molar-refractivity contribution in [2.24, 2.45) is 0 Å². The molecule has 0 radical (unpaired) electrons. The van der Waals surface area contributed by atoms with E-state index in [-0.39, 0.29) is 17.7 Å². The lowest BCUT2D eigenvalue weighted by Gasteiger charge is -2.12. The highest BCUT2D eigenvalue weighted by Gasteiger charge is 2.37. The van der Waals surface area contributed by atoms with Crippen molar-refractivity contribution in [3.05, 3.63) is 34.9 Å². The van der Waals surface area contributed by atoms with Crippen LogP contribution in [0.25, 0.3) is 0 Å².